The van der Waals surface area contributed by atoms with Gasteiger partial charge in [0.2, 0.25) is 0 Å². The summed E-state index contributed by atoms with van der Waals surface area (Å²) in [6.45, 7) is 9.00. The van der Waals surface area contributed by atoms with Crippen LogP contribution in [0.25, 0.3) is 0 Å². The lowest BCUT2D eigenvalue weighted by Gasteiger charge is -2.20. The third-order valence-corrected chi connectivity index (χ3v) is 2.62. The van der Waals surface area contributed by atoms with Crippen LogP contribution in [-0.2, 0) is 6.54 Å². The van der Waals surface area contributed by atoms with E-state index in [1.165, 1.54) is 0 Å². The van der Waals surface area contributed by atoms with Gasteiger partial charge in [-0.3, -0.25) is 4.98 Å². The van der Waals surface area contributed by atoms with Crippen molar-refractivity contribution in [3.05, 3.63) is 24.0 Å². The molecule has 4 nitrogen and oxygen atoms in total. The summed E-state index contributed by atoms with van der Waals surface area (Å²) in [4.78, 5) is 6.55. The van der Waals surface area contributed by atoms with E-state index in [0.29, 0.717) is 0 Å². The minimum absolute atomic E-state index is 0.114. The molecule has 1 N–H and O–H groups in total. The molecule has 1 heterocycles. The summed E-state index contributed by atoms with van der Waals surface area (Å²) in [5.74, 6) is 0.846. The number of hydrogen-bond acceptors (Lipinski definition) is 4. The summed E-state index contributed by atoms with van der Waals surface area (Å²) in [6.07, 6.45) is 2.83. The Morgan fingerprint density at radius 3 is 2.53 bits per heavy atom. The Morgan fingerprint density at radius 2 is 2.00 bits per heavy atom. The molecule has 0 aliphatic rings. The average Bonchev–Trinajstić information content (AvgIpc) is 2.32. The molecule has 0 bridgehead atoms. The molecule has 0 aromatic carbocycles. The predicted octanol–water partition coefficient (Wildman–Crippen LogP) is 2.30. The quantitative estimate of drug-likeness (QED) is 0.768. The second kappa shape index (κ2) is 7.46. The van der Waals surface area contributed by atoms with Crippen molar-refractivity contribution in [3.8, 4) is 5.75 Å². The third kappa shape index (κ3) is 7.80. The Kier molecular flexibility index (Phi) is 6.25. The molecular formula is C15H27N3O. The van der Waals surface area contributed by atoms with Crippen molar-refractivity contribution >= 4 is 0 Å². The molecule has 108 valence electrons. The Bertz CT molecular complexity index is 355. The van der Waals surface area contributed by atoms with Crippen molar-refractivity contribution in [2.75, 3.05) is 27.2 Å². The van der Waals surface area contributed by atoms with Gasteiger partial charge in [-0.2, -0.15) is 0 Å². The molecule has 0 saturated carbocycles. The molecule has 0 spiro atoms. The van der Waals surface area contributed by atoms with Gasteiger partial charge in [-0.15, -0.1) is 0 Å². The fraction of sp³-hybridized carbons (Fsp3) is 0.667. The highest BCUT2D eigenvalue weighted by atomic mass is 16.5. The van der Waals surface area contributed by atoms with Crippen LogP contribution in [0.3, 0.4) is 0 Å². The van der Waals surface area contributed by atoms with Crippen LogP contribution in [0.15, 0.2) is 18.3 Å². The predicted molar refractivity (Wildman–Crippen MR) is 79.5 cm³/mol. The minimum Gasteiger partial charge on any atom is -0.492 e. The van der Waals surface area contributed by atoms with Gasteiger partial charge in [0.1, 0.15) is 5.75 Å². The minimum atomic E-state index is 0.114. The van der Waals surface area contributed by atoms with Gasteiger partial charge >= 0.3 is 0 Å². The molecular weight excluding hydrogens is 238 g/mol. The Hall–Kier alpha value is -1.13. The Balaban J connectivity index is 2.31. The number of ether oxygens (including phenoxy) is 1. The molecule has 0 radical (unpaired) electrons. The summed E-state index contributed by atoms with van der Waals surface area (Å²) in [5.41, 5.74) is 1.15. The zero-order valence-corrected chi connectivity index (χ0v) is 12.9. The SMILES string of the molecule is CN(C)CCCOc1ccc(CNC(C)(C)C)nc1. The van der Waals surface area contributed by atoms with Crippen LogP contribution < -0.4 is 10.1 Å². The molecule has 0 saturated heterocycles. The molecule has 0 amide bonds. The smallest absolute Gasteiger partial charge is 0.137 e. The number of nitrogens with zero attached hydrogens (tertiary/aromatic N) is 2. The van der Waals surface area contributed by atoms with Gasteiger partial charge in [0.15, 0.2) is 0 Å². The third-order valence-electron chi connectivity index (χ3n) is 2.62. The van der Waals surface area contributed by atoms with Gasteiger partial charge in [-0.25, -0.2) is 0 Å². The van der Waals surface area contributed by atoms with Crippen molar-refractivity contribution in [3.63, 3.8) is 0 Å². The largest absolute Gasteiger partial charge is 0.492 e. The van der Waals surface area contributed by atoms with Crippen LogP contribution >= 0.6 is 0 Å². The standard InChI is InChI=1S/C15H27N3O/c1-15(2,3)17-11-13-7-8-14(12-16-13)19-10-6-9-18(4)5/h7-8,12,17H,6,9-11H2,1-5H3. The van der Waals surface area contributed by atoms with Crippen molar-refractivity contribution in [2.24, 2.45) is 0 Å². The molecule has 0 aliphatic heterocycles. The molecule has 0 aliphatic carbocycles. The molecule has 4 heteroatoms. The normalized spacial score (nSPS) is 11.9. The number of aromatic nitrogens is 1. The monoisotopic (exact) mass is 265 g/mol. The van der Waals surface area contributed by atoms with Gasteiger partial charge in [-0.1, -0.05) is 0 Å². The number of pyridine rings is 1. The molecule has 1 rings (SSSR count). The van der Waals surface area contributed by atoms with E-state index in [4.69, 9.17) is 4.74 Å². The van der Waals surface area contributed by atoms with Crippen LogP contribution in [-0.4, -0.2) is 42.7 Å². The first-order valence-corrected chi connectivity index (χ1v) is 6.84. The first kappa shape index (κ1) is 15.9. The van der Waals surface area contributed by atoms with Crippen molar-refractivity contribution in [1.82, 2.24) is 15.2 Å². The van der Waals surface area contributed by atoms with Crippen LogP contribution in [0, 0.1) is 0 Å². The fourth-order valence-corrected chi connectivity index (χ4v) is 1.53. The summed E-state index contributed by atoms with van der Waals surface area (Å²) >= 11 is 0. The van der Waals surface area contributed by atoms with Crippen LogP contribution in [0.5, 0.6) is 5.75 Å². The Labute approximate surface area is 117 Å². The Morgan fingerprint density at radius 1 is 1.26 bits per heavy atom. The maximum absolute atomic E-state index is 5.65. The van der Waals surface area contributed by atoms with Crippen LogP contribution in [0.4, 0.5) is 0 Å². The van der Waals surface area contributed by atoms with Crippen LogP contribution in [0.1, 0.15) is 32.9 Å². The average molecular weight is 265 g/mol. The van der Waals surface area contributed by atoms with Gasteiger partial charge in [0.05, 0.1) is 18.5 Å². The second-order valence-electron chi connectivity index (χ2n) is 6.09. The molecule has 1 aromatic heterocycles. The topological polar surface area (TPSA) is 37.4 Å². The first-order valence-electron chi connectivity index (χ1n) is 6.84. The zero-order valence-electron chi connectivity index (χ0n) is 12.9. The van der Waals surface area contributed by atoms with E-state index < -0.39 is 0 Å². The molecule has 19 heavy (non-hydrogen) atoms. The van der Waals surface area contributed by atoms with E-state index >= 15 is 0 Å². The lowest BCUT2D eigenvalue weighted by Crippen LogP contribution is -2.35. The maximum atomic E-state index is 5.65. The molecule has 0 atom stereocenters. The van der Waals surface area contributed by atoms with Crippen molar-refractivity contribution < 1.29 is 4.74 Å². The second-order valence-corrected chi connectivity index (χ2v) is 6.09. The maximum Gasteiger partial charge on any atom is 0.137 e. The number of rotatable bonds is 7. The number of hydrogen-bond donors (Lipinski definition) is 1. The van der Waals surface area contributed by atoms with Gasteiger partial charge in [-0.05, 0) is 53.4 Å². The van der Waals surface area contributed by atoms with E-state index in [9.17, 15) is 0 Å². The molecule has 0 unspecified atom stereocenters. The van der Waals surface area contributed by atoms with Crippen LogP contribution in [0.2, 0.25) is 0 Å². The highest BCUT2D eigenvalue weighted by Gasteiger charge is 2.08. The van der Waals surface area contributed by atoms with E-state index in [2.05, 4.69) is 50.1 Å². The fourth-order valence-electron chi connectivity index (χ4n) is 1.53. The highest BCUT2D eigenvalue weighted by molar-refractivity contribution is 5.19. The first-order chi connectivity index (χ1) is 8.87. The molecule has 0 fully saturated rings. The summed E-state index contributed by atoms with van der Waals surface area (Å²) in [5, 5.41) is 3.41. The van der Waals surface area contributed by atoms with E-state index in [-0.39, 0.29) is 5.54 Å². The van der Waals surface area contributed by atoms with E-state index in [0.717, 1.165) is 37.6 Å². The number of nitrogens with one attached hydrogen (secondary N) is 1. The summed E-state index contributed by atoms with van der Waals surface area (Å²) in [6, 6.07) is 4.00. The van der Waals surface area contributed by atoms with Gasteiger partial charge < -0.3 is 15.0 Å². The van der Waals surface area contributed by atoms with Gasteiger partial charge in [0, 0.05) is 18.6 Å². The summed E-state index contributed by atoms with van der Waals surface area (Å²) in [7, 11) is 4.14. The lowest BCUT2D eigenvalue weighted by molar-refractivity contribution is 0.280. The van der Waals surface area contributed by atoms with E-state index in [1.54, 1.807) is 6.20 Å². The zero-order chi connectivity index (χ0) is 14.3. The van der Waals surface area contributed by atoms with Crippen molar-refractivity contribution in [2.45, 2.75) is 39.3 Å². The van der Waals surface area contributed by atoms with Gasteiger partial charge in [0.25, 0.3) is 0 Å². The lowest BCUT2D eigenvalue weighted by atomic mass is 10.1. The summed E-state index contributed by atoms with van der Waals surface area (Å²) < 4.78 is 5.65. The molecule has 1 aromatic rings. The van der Waals surface area contributed by atoms with E-state index in [1.807, 2.05) is 12.1 Å². The highest BCUT2D eigenvalue weighted by Crippen LogP contribution is 2.10. The van der Waals surface area contributed by atoms with Crippen molar-refractivity contribution in [1.29, 1.82) is 0 Å².